The summed E-state index contributed by atoms with van der Waals surface area (Å²) in [5.41, 5.74) is 2.07. The van der Waals surface area contributed by atoms with Crippen LogP contribution >= 0.6 is 0 Å². The van der Waals surface area contributed by atoms with Gasteiger partial charge in [-0.2, -0.15) is 0 Å². The first-order valence-corrected chi connectivity index (χ1v) is 8.89. The molecule has 0 aliphatic carbocycles. The molecule has 0 aliphatic heterocycles. The lowest BCUT2D eigenvalue weighted by atomic mass is 10.1. The summed E-state index contributed by atoms with van der Waals surface area (Å²) in [4.78, 5) is 23.6. The number of methoxy groups -OCH3 is 1. The van der Waals surface area contributed by atoms with E-state index >= 15 is 0 Å². The lowest BCUT2D eigenvalue weighted by Crippen LogP contribution is -2.36. The molecule has 5 nitrogen and oxygen atoms in total. The summed E-state index contributed by atoms with van der Waals surface area (Å²) in [6.07, 6.45) is 4.63. The van der Waals surface area contributed by atoms with Crippen molar-refractivity contribution in [1.29, 1.82) is 0 Å². The molecule has 0 unspecified atom stereocenters. The van der Waals surface area contributed by atoms with E-state index in [-0.39, 0.29) is 18.6 Å². The van der Waals surface area contributed by atoms with Crippen LogP contribution in [0.2, 0.25) is 0 Å². The summed E-state index contributed by atoms with van der Waals surface area (Å²) in [7, 11) is 1.59. The Bertz CT molecular complexity index is 754. The van der Waals surface area contributed by atoms with Gasteiger partial charge in [-0.15, -0.1) is 0 Å². The monoisotopic (exact) mass is 367 g/mol. The van der Waals surface area contributed by atoms with Crippen molar-refractivity contribution in [3.05, 3.63) is 71.8 Å². The third kappa shape index (κ3) is 7.77. The second-order valence-electron chi connectivity index (χ2n) is 6.21. The van der Waals surface area contributed by atoms with Crippen molar-refractivity contribution in [2.24, 2.45) is 0 Å². The molecule has 0 saturated carbocycles. The van der Waals surface area contributed by atoms with Crippen LogP contribution < -0.4 is 10.1 Å². The van der Waals surface area contributed by atoms with Gasteiger partial charge in [0, 0.05) is 12.1 Å². The molecule has 0 fully saturated rings. The smallest absolute Gasteiger partial charge is 0.331 e. The van der Waals surface area contributed by atoms with E-state index in [4.69, 9.17) is 9.47 Å². The van der Waals surface area contributed by atoms with Crippen molar-refractivity contribution in [2.75, 3.05) is 13.7 Å². The Morgan fingerprint density at radius 1 is 1.07 bits per heavy atom. The number of ether oxygens (including phenoxy) is 2. The van der Waals surface area contributed by atoms with Gasteiger partial charge in [0.1, 0.15) is 5.75 Å². The van der Waals surface area contributed by atoms with Gasteiger partial charge in [0.25, 0.3) is 5.91 Å². The zero-order chi connectivity index (χ0) is 19.5. The quantitative estimate of drug-likeness (QED) is 0.545. The normalized spacial score (nSPS) is 11.8. The Hall–Kier alpha value is -3.08. The minimum absolute atomic E-state index is 0.00579. The number of esters is 1. The van der Waals surface area contributed by atoms with Gasteiger partial charge in [0.2, 0.25) is 0 Å². The number of rotatable bonds is 9. The SMILES string of the molecule is COc1ccc(/C=C/C(=O)OCC(=O)N[C@@H](C)CCc2ccccc2)cc1. The van der Waals surface area contributed by atoms with Crippen molar-refractivity contribution in [1.82, 2.24) is 5.32 Å². The highest BCUT2D eigenvalue weighted by atomic mass is 16.5. The van der Waals surface area contributed by atoms with Gasteiger partial charge in [-0.3, -0.25) is 4.79 Å². The number of hydrogen-bond donors (Lipinski definition) is 1. The second kappa shape index (κ2) is 10.8. The van der Waals surface area contributed by atoms with Crippen LogP contribution in [0.1, 0.15) is 24.5 Å². The van der Waals surface area contributed by atoms with Crippen molar-refractivity contribution < 1.29 is 19.1 Å². The Balaban J connectivity index is 1.67. The first-order chi connectivity index (χ1) is 13.1. The van der Waals surface area contributed by atoms with Gasteiger partial charge in [-0.1, -0.05) is 42.5 Å². The van der Waals surface area contributed by atoms with Crippen molar-refractivity contribution in [3.8, 4) is 5.75 Å². The molecule has 0 saturated heterocycles. The molecule has 0 radical (unpaired) electrons. The average Bonchev–Trinajstić information content (AvgIpc) is 2.70. The predicted octanol–water partition coefficient (Wildman–Crippen LogP) is 3.39. The molecule has 2 rings (SSSR count). The number of amides is 1. The standard InChI is InChI=1S/C22H25NO4/c1-17(8-9-18-6-4-3-5-7-18)23-21(24)16-27-22(25)15-12-19-10-13-20(26-2)14-11-19/h3-7,10-15,17H,8-9,16H2,1-2H3,(H,23,24)/b15-12+/t17-/m0/s1. The maximum absolute atomic E-state index is 11.9. The third-order valence-electron chi connectivity index (χ3n) is 3.99. The lowest BCUT2D eigenvalue weighted by molar-refractivity contribution is -0.144. The molecule has 1 N–H and O–H groups in total. The van der Waals surface area contributed by atoms with E-state index in [2.05, 4.69) is 17.4 Å². The highest BCUT2D eigenvalue weighted by Crippen LogP contribution is 2.12. The van der Waals surface area contributed by atoms with Gasteiger partial charge < -0.3 is 14.8 Å². The molecule has 0 spiro atoms. The van der Waals surface area contributed by atoms with Crippen LogP contribution in [0.5, 0.6) is 5.75 Å². The minimum atomic E-state index is -0.557. The van der Waals surface area contributed by atoms with E-state index in [9.17, 15) is 9.59 Å². The Morgan fingerprint density at radius 3 is 2.44 bits per heavy atom. The van der Waals surface area contributed by atoms with Crippen molar-refractivity contribution in [2.45, 2.75) is 25.8 Å². The maximum Gasteiger partial charge on any atom is 0.331 e. The van der Waals surface area contributed by atoms with Crippen molar-refractivity contribution >= 4 is 18.0 Å². The van der Waals surface area contributed by atoms with E-state index in [0.717, 1.165) is 24.2 Å². The third-order valence-corrected chi connectivity index (χ3v) is 3.99. The van der Waals surface area contributed by atoms with Crippen LogP contribution in [0.4, 0.5) is 0 Å². The Kier molecular flexibility index (Phi) is 8.10. The molecule has 0 bridgehead atoms. The summed E-state index contributed by atoms with van der Waals surface area (Å²) in [5.74, 6) is -0.118. The fourth-order valence-electron chi connectivity index (χ4n) is 2.48. The molecule has 1 atom stereocenters. The predicted molar refractivity (Wildman–Crippen MR) is 105 cm³/mol. The van der Waals surface area contributed by atoms with Crippen LogP contribution in [-0.4, -0.2) is 31.6 Å². The Labute approximate surface area is 160 Å². The highest BCUT2D eigenvalue weighted by Gasteiger charge is 2.09. The lowest BCUT2D eigenvalue weighted by Gasteiger charge is -2.13. The van der Waals surface area contributed by atoms with E-state index in [1.807, 2.05) is 37.3 Å². The summed E-state index contributed by atoms with van der Waals surface area (Å²) in [6, 6.07) is 17.3. The van der Waals surface area contributed by atoms with Gasteiger partial charge in [-0.05, 0) is 49.1 Å². The molecule has 2 aromatic carbocycles. The zero-order valence-corrected chi connectivity index (χ0v) is 15.7. The number of carbonyl (C=O) groups is 2. The number of benzene rings is 2. The Morgan fingerprint density at radius 2 is 1.78 bits per heavy atom. The fraction of sp³-hybridized carbons (Fsp3) is 0.273. The number of nitrogens with one attached hydrogen (secondary N) is 1. The molecule has 1 amide bonds. The second-order valence-corrected chi connectivity index (χ2v) is 6.21. The van der Waals surface area contributed by atoms with Gasteiger partial charge in [0.05, 0.1) is 7.11 Å². The minimum Gasteiger partial charge on any atom is -0.497 e. The molecule has 142 valence electrons. The van der Waals surface area contributed by atoms with Gasteiger partial charge in [-0.25, -0.2) is 4.79 Å². The summed E-state index contributed by atoms with van der Waals surface area (Å²) < 4.78 is 10.0. The molecule has 0 aliphatic rings. The molecule has 27 heavy (non-hydrogen) atoms. The molecular weight excluding hydrogens is 342 g/mol. The number of hydrogen-bond acceptors (Lipinski definition) is 4. The first-order valence-electron chi connectivity index (χ1n) is 8.89. The molecule has 0 aromatic heterocycles. The van der Waals surface area contributed by atoms with Gasteiger partial charge >= 0.3 is 5.97 Å². The number of carbonyl (C=O) groups excluding carboxylic acids is 2. The van der Waals surface area contributed by atoms with Crippen molar-refractivity contribution in [3.63, 3.8) is 0 Å². The largest absolute Gasteiger partial charge is 0.497 e. The van der Waals surface area contributed by atoms with Crippen LogP contribution in [-0.2, 0) is 20.7 Å². The van der Waals surface area contributed by atoms with E-state index in [1.165, 1.54) is 11.6 Å². The first kappa shape index (κ1) is 20.2. The summed E-state index contributed by atoms with van der Waals surface area (Å²) in [6.45, 7) is 1.65. The van der Waals surface area contributed by atoms with Crippen LogP contribution in [0.25, 0.3) is 6.08 Å². The van der Waals surface area contributed by atoms with E-state index in [1.54, 1.807) is 25.3 Å². The van der Waals surface area contributed by atoms with Gasteiger partial charge in [0.15, 0.2) is 6.61 Å². The highest BCUT2D eigenvalue weighted by molar-refractivity contribution is 5.89. The summed E-state index contributed by atoms with van der Waals surface area (Å²) >= 11 is 0. The molecule has 2 aromatic rings. The zero-order valence-electron chi connectivity index (χ0n) is 15.7. The summed E-state index contributed by atoms with van der Waals surface area (Å²) in [5, 5.41) is 2.84. The number of aryl methyl sites for hydroxylation is 1. The van der Waals surface area contributed by atoms with E-state index in [0.29, 0.717) is 0 Å². The molecule has 5 heteroatoms. The molecular formula is C22H25NO4. The maximum atomic E-state index is 11.9. The average molecular weight is 367 g/mol. The van der Waals surface area contributed by atoms with Crippen LogP contribution in [0.15, 0.2) is 60.7 Å². The van der Waals surface area contributed by atoms with Crippen LogP contribution in [0, 0.1) is 0 Å². The topological polar surface area (TPSA) is 64.6 Å². The van der Waals surface area contributed by atoms with E-state index < -0.39 is 5.97 Å². The van der Waals surface area contributed by atoms with Crippen LogP contribution in [0.3, 0.4) is 0 Å². The molecule has 0 heterocycles. The fourth-order valence-corrected chi connectivity index (χ4v) is 2.48.